The SMILES string of the molecule is O=C(O)C1CCN(c2nc(CCCC(F)(F)F)cnc2-c2ccc3ncoc3c2)CC1. The molecule has 164 valence electrons. The number of piperidine rings is 1. The maximum absolute atomic E-state index is 12.5. The summed E-state index contributed by atoms with van der Waals surface area (Å²) in [6, 6.07) is 5.43. The van der Waals surface area contributed by atoms with Gasteiger partial charge in [-0.25, -0.2) is 9.97 Å². The predicted molar refractivity (Wildman–Crippen MR) is 107 cm³/mol. The number of nitrogens with zero attached hydrogens (tertiary/aromatic N) is 4. The Hall–Kier alpha value is -3.17. The zero-order chi connectivity index (χ0) is 22.0. The third kappa shape index (κ3) is 4.95. The van der Waals surface area contributed by atoms with Crippen LogP contribution in [0.2, 0.25) is 0 Å². The number of anilines is 1. The van der Waals surface area contributed by atoms with Crippen molar-refractivity contribution in [2.75, 3.05) is 18.0 Å². The fourth-order valence-corrected chi connectivity index (χ4v) is 3.77. The fraction of sp³-hybridized carbons (Fsp3) is 0.429. The third-order valence-electron chi connectivity index (χ3n) is 5.45. The van der Waals surface area contributed by atoms with Gasteiger partial charge in [-0.2, -0.15) is 13.2 Å². The molecular weight excluding hydrogens is 413 g/mol. The van der Waals surface area contributed by atoms with Crippen molar-refractivity contribution in [2.24, 2.45) is 5.92 Å². The first-order valence-corrected chi connectivity index (χ1v) is 10.0. The minimum absolute atomic E-state index is 0.0674. The number of hydrogen-bond donors (Lipinski definition) is 1. The highest BCUT2D eigenvalue weighted by Crippen LogP contribution is 2.32. The quantitative estimate of drug-likeness (QED) is 0.612. The number of fused-ring (bicyclic) bond motifs is 1. The van der Waals surface area contributed by atoms with Crippen molar-refractivity contribution in [1.29, 1.82) is 0 Å². The average molecular weight is 434 g/mol. The normalized spacial score (nSPS) is 15.5. The van der Waals surface area contributed by atoms with Crippen LogP contribution in [0.5, 0.6) is 0 Å². The van der Waals surface area contributed by atoms with Crippen LogP contribution in [0.4, 0.5) is 19.0 Å². The number of rotatable bonds is 6. The van der Waals surface area contributed by atoms with Crippen molar-refractivity contribution in [3.05, 3.63) is 36.5 Å². The van der Waals surface area contributed by atoms with Crippen molar-refractivity contribution in [3.63, 3.8) is 0 Å². The lowest BCUT2D eigenvalue weighted by Crippen LogP contribution is -2.37. The number of carboxylic acids is 1. The highest BCUT2D eigenvalue weighted by molar-refractivity contribution is 5.82. The van der Waals surface area contributed by atoms with Gasteiger partial charge in [0.2, 0.25) is 0 Å². The van der Waals surface area contributed by atoms with Gasteiger partial charge < -0.3 is 14.4 Å². The molecule has 0 amide bonds. The summed E-state index contributed by atoms with van der Waals surface area (Å²) in [5.74, 6) is -0.678. The van der Waals surface area contributed by atoms with Crippen molar-refractivity contribution >= 4 is 22.9 Å². The highest BCUT2D eigenvalue weighted by atomic mass is 19.4. The van der Waals surface area contributed by atoms with E-state index in [2.05, 4.69) is 15.0 Å². The Morgan fingerprint density at radius 3 is 2.71 bits per heavy atom. The summed E-state index contributed by atoms with van der Waals surface area (Å²) in [6.07, 6.45) is -1.20. The number of carbonyl (C=O) groups is 1. The third-order valence-corrected chi connectivity index (χ3v) is 5.45. The Balaban J connectivity index is 1.64. The van der Waals surface area contributed by atoms with Gasteiger partial charge in [-0.1, -0.05) is 6.07 Å². The zero-order valence-corrected chi connectivity index (χ0v) is 16.6. The molecule has 2 aromatic heterocycles. The standard InChI is InChI=1S/C21H21F3N4O3/c22-21(23,24)7-1-2-15-11-25-18(14-3-4-16-17(10-14)31-12-26-16)19(27-15)28-8-5-13(6-9-28)20(29)30/h3-4,10-13H,1-2,5-9H2,(H,29,30). The molecule has 3 heterocycles. The van der Waals surface area contributed by atoms with E-state index in [0.717, 1.165) is 5.56 Å². The summed E-state index contributed by atoms with van der Waals surface area (Å²) in [5, 5.41) is 9.26. The van der Waals surface area contributed by atoms with Crippen molar-refractivity contribution in [2.45, 2.75) is 38.3 Å². The molecule has 0 unspecified atom stereocenters. The van der Waals surface area contributed by atoms with E-state index in [0.29, 0.717) is 54.2 Å². The molecule has 0 spiro atoms. The van der Waals surface area contributed by atoms with Crippen LogP contribution in [0.25, 0.3) is 22.4 Å². The van der Waals surface area contributed by atoms with Gasteiger partial charge >= 0.3 is 12.1 Å². The Bertz CT molecular complexity index is 1080. The minimum Gasteiger partial charge on any atom is -0.481 e. The minimum atomic E-state index is -4.21. The van der Waals surface area contributed by atoms with Gasteiger partial charge in [0.05, 0.1) is 11.6 Å². The first-order chi connectivity index (χ1) is 14.8. The summed E-state index contributed by atoms with van der Waals surface area (Å²) in [4.78, 5) is 26.5. The molecule has 4 rings (SSSR count). The molecule has 1 aliphatic heterocycles. The van der Waals surface area contributed by atoms with Crippen LogP contribution in [-0.2, 0) is 11.2 Å². The molecule has 3 aromatic rings. The zero-order valence-electron chi connectivity index (χ0n) is 16.6. The summed E-state index contributed by atoms with van der Waals surface area (Å²) >= 11 is 0. The number of benzene rings is 1. The number of alkyl halides is 3. The van der Waals surface area contributed by atoms with Gasteiger partial charge in [0.1, 0.15) is 11.2 Å². The van der Waals surface area contributed by atoms with Crippen LogP contribution in [-0.4, -0.2) is 45.3 Å². The second-order valence-electron chi connectivity index (χ2n) is 7.64. The topological polar surface area (TPSA) is 92.3 Å². The molecule has 1 N–H and O–H groups in total. The molecule has 7 nitrogen and oxygen atoms in total. The van der Waals surface area contributed by atoms with Crippen LogP contribution >= 0.6 is 0 Å². The Labute approximate surface area is 175 Å². The summed E-state index contributed by atoms with van der Waals surface area (Å²) in [5.41, 5.74) is 3.08. The number of halogens is 3. The molecule has 0 aliphatic carbocycles. The van der Waals surface area contributed by atoms with Gasteiger partial charge in [0, 0.05) is 31.3 Å². The molecule has 1 saturated heterocycles. The molecule has 1 aromatic carbocycles. The Kier molecular flexibility index (Phi) is 5.79. The number of oxazole rings is 1. The predicted octanol–water partition coefficient (Wildman–Crippen LogP) is 4.47. The van der Waals surface area contributed by atoms with Gasteiger partial charge in [0.25, 0.3) is 0 Å². The van der Waals surface area contributed by atoms with Gasteiger partial charge in [0.15, 0.2) is 17.8 Å². The number of aliphatic carboxylic acids is 1. The Morgan fingerprint density at radius 2 is 2.00 bits per heavy atom. The molecule has 0 atom stereocenters. The van der Waals surface area contributed by atoms with Gasteiger partial charge in [-0.15, -0.1) is 0 Å². The molecule has 0 saturated carbocycles. The summed E-state index contributed by atoms with van der Waals surface area (Å²) < 4.78 is 42.9. The van der Waals surface area contributed by atoms with Crippen LogP contribution in [0, 0.1) is 5.92 Å². The lowest BCUT2D eigenvalue weighted by atomic mass is 9.97. The first kappa shape index (κ1) is 21.1. The van der Waals surface area contributed by atoms with Crippen molar-refractivity contribution in [1.82, 2.24) is 15.0 Å². The molecule has 0 bridgehead atoms. The van der Waals surface area contributed by atoms with E-state index in [1.165, 1.54) is 12.6 Å². The second kappa shape index (κ2) is 8.52. The number of carboxylic acid groups (broad SMARTS) is 1. The molecule has 1 fully saturated rings. The van der Waals surface area contributed by atoms with Crippen molar-refractivity contribution in [3.8, 4) is 11.3 Å². The van der Waals surface area contributed by atoms with E-state index in [4.69, 9.17) is 4.42 Å². The van der Waals surface area contributed by atoms with Gasteiger partial charge in [-0.05, 0) is 37.8 Å². The van der Waals surface area contributed by atoms with Crippen molar-refractivity contribution < 1.29 is 27.5 Å². The number of aryl methyl sites for hydroxylation is 1. The highest BCUT2D eigenvalue weighted by Gasteiger charge is 2.28. The molecule has 10 heteroatoms. The average Bonchev–Trinajstić information content (AvgIpc) is 3.21. The van der Waals surface area contributed by atoms with Crippen LogP contribution in [0.1, 0.15) is 31.4 Å². The fourth-order valence-electron chi connectivity index (χ4n) is 3.77. The first-order valence-electron chi connectivity index (χ1n) is 10.0. The smallest absolute Gasteiger partial charge is 0.389 e. The van der Waals surface area contributed by atoms with E-state index < -0.39 is 24.5 Å². The van der Waals surface area contributed by atoms with Crippen LogP contribution in [0.15, 0.2) is 35.2 Å². The summed E-state index contributed by atoms with van der Waals surface area (Å²) in [6.45, 7) is 0.963. The monoisotopic (exact) mass is 434 g/mol. The second-order valence-corrected chi connectivity index (χ2v) is 7.64. The Morgan fingerprint density at radius 1 is 1.23 bits per heavy atom. The maximum atomic E-state index is 12.5. The van der Waals surface area contributed by atoms with E-state index in [-0.39, 0.29) is 12.8 Å². The van der Waals surface area contributed by atoms with Crippen LogP contribution in [0.3, 0.4) is 0 Å². The number of hydrogen-bond acceptors (Lipinski definition) is 6. The molecule has 31 heavy (non-hydrogen) atoms. The van der Waals surface area contributed by atoms with E-state index in [1.54, 1.807) is 12.1 Å². The van der Waals surface area contributed by atoms with E-state index >= 15 is 0 Å². The maximum Gasteiger partial charge on any atom is 0.389 e. The van der Waals surface area contributed by atoms with E-state index in [1.807, 2.05) is 11.0 Å². The van der Waals surface area contributed by atoms with Gasteiger partial charge in [-0.3, -0.25) is 9.78 Å². The lowest BCUT2D eigenvalue weighted by molar-refractivity contribution is -0.142. The largest absolute Gasteiger partial charge is 0.481 e. The van der Waals surface area contributed by atoms with E-state index in [9.17, 15) is 23.1 Å². The molecule has 0 radical (unpaired) electrons. The molecule has 1 aliphatic rings. The van der Waals surface area contributed by atoms with Crippen LogP contribution < -0.4 is 4.90 Å². The lowest BCUT2D eigenvalue weighted by Gasteiger charge is -2.32. The number of aromatic nitrogens is 3. The summed E-state index contributed by atoms with van der Waals surface area (Å²) in [7, 11) is 0. The molecular formula is C21H21F3N4O3.